The fraction of sp³-hybridized carbons (Fsp3) is 0.947. The maximum Gasteiger partial charge on any atom is 0.312 e. The molecule has 0 aromatic heterocycles. The van der Waals surface area contributed by atoms with Crippen LogP contribution in [0.25, 0.3) is 0 Å². The Kier molecular flexibility index (Phi) is 5.23. The predicted octanol–water partition coefficient (Wildman–Crippen LogP) is 5.74. The highest BCUT2D eigenvalue weighted by Gasteiger charge is 2.50. The molecule has 1 unspecified atom stereocenters. The van der Waals surface area contributed by atoms with E-state index in [0.717, 1.165) is 25.7 Å². The SMILES string of the molecule is CCC1(OC(=O)C(C)(CC(C)(C)C)C(C)(C)C)CCCC1. The number of ether oxygens (including phenoxy) is 1. The summed E-state index contributed by atoms with van der Waals surface area (Å²) in [6, 6.07) is 0. The molecule has 1 aliphatic carbocycles. The number of rotatable bonds is 4. The Morgan fingerprint density at radius 3 is 1.81 bits per heavy atom. The van der Waals surface area contributed by atoms with Crippen LogP contribution >= 0.6 is 0 Å². The average Bonchev–Trinajstić information content (AvgIpc) is 2.74. The molecule has 0 saturated heterocycles. The van der Waals surface area contributed by atoms with Crippen LogP contribution in [-0.2, 0) is 9.53 Å². The van der Waals surface area contributed by atoms with Crippen molar-refractivity contribution < 1.29 is 9.53 Å². The normalized spacial score (nSPS) is 21.9. The molecule has 2 heteroatoms. The Morgan fingerprint density at radius 2 is 1.48 bits per heavy atom. The van der Waals surface area contributed by atoms with Gasteiger partial charge < -0.3 is 4.74 Å². The van der Waals surface area contributed by atoms with Gasteiger partial charge in [0.15, 0.2) is 0 Å². The Hall–Kier alpha value is -0.530. The van der Waals surface area contributed by atoms with Crippen LogP contribution in [-0.4, -0.2) is 11.6 Å². The molecule has 0 bridgehead atoms. The van der Waals surface area contributed by atoms with Gasteiger partial charge in [-0.1, -0.05) is 48.5 Å². The quantitative estimate of drug-likeness (QED) is 0.618. The van der Waals surface area contributed by atoms with Crippen molar-refractivity contribution in [1.82, 2.24) is 0 Å². The van der Waals surface area contributed by atoms with E-state index in [-0.39, 0.29) is 22.4 Å². The summed E-state index contributed by atoms with van der Waals surface area (Å²) in [4.78, 5) is 13.1. The lowest BCUT2D eigenvalue weighted by Gasteiger charge is -2.45. The first-order chi connectivity index (χ1) is 9.35. The minimum atomic E-state index is -0.448. The molecule has 0 amide bonds. The van der Waals surface area contributed by atoms with E-state index in [0.29, 0.717) is 0 Å². The number of esters is 1. The van der Waals surface area contributed by atoms with Gasteiger partial charge >= 0.3 is 5.97 Å². The molecule has 1 rings (SSSR count). The number of hydrogen-bond acceptors (Lipinski definition) is 2. The van der Waals surface area contributed by atoms with Crippen LogP contribution in [0.2, 0.25) is 0 Å². The fourth-order valence-electron chi connectivity index (χ4n) is 3.56. The van der Waals surface area contributed by atoms with Gasteiger partial charge in [-0.15, -0.1) is 0 Å². The van der Waals surface area contributed by atoms with Crippen LogP contribution in [0.15, 0.2) is 0 Å². The first kappa shape index (κ1) is 18.5. The van der Waals surface area contributed by atoms with E-state index in [1.165, 1.54) is 12.8 Å². The van der Waals surface area contributed by atoms with E-state index < -0.39 is 5.41 Å². The van der Waals surface area contributed by atoms with Crippen LogP contribution in [0, 0.1) is 16.2 Å². The number of carbonyl (C=O) groups is 1. The minimum absolute atomic E-state index is 0.00803. The Morgan fingerprint density at radius 1 is 1.00 bits per heavy atom. The van der Waals surface area contributed by atoms with E-state index in [1.54, 1.807) is 0 Å². The average molecular weight is 296 g/mol. The van der Waals surface area contributed by atoms with Crippen LogP contribution in [0.3, 0.4) is 0 Å². The molecule has 1 atom stereocenters. The van der Waals surface area contributed by atoms with Crippen molar-refractivity contribution in [1.29, 1.82) is 0 Å². The molecule has 1 saturated carbocycles. The van der Waals surface area contributed by atoms with Gasteiger partial charge in [-0.3, -0.25) is 4.79 Å². The van der Waals surface area contributed by atoms with Crippen molar-refractivity contribution in [2.45, 2.75) is 99.5 Å². The lowest BCUT2D eigenvalue weighted by molar-refractivity contribution is -0.181. The fourth-order valence-corrected chi connectivity index (χ4v) is 3.56. The standard InChI is InChI=1S/C19H36O2/c1-9-19(12-10-11-13-19)21-15(20)18(8,17(5,6)7)14-16(2,3)4/h9-14H2,1-8H3. The topological polar surface area (TPSA) is 26.3 Å². The van der Waals surface area contributed by atoms with E-state index in [2.05, 4.69) is 55.4 Å². The molecule has 0 N–H and O–H groups in total. The summed E-state index contributed by atoms with van der Waals surface area (Å²) < 4.78 is 6.15. The Labute approximate surface area is 132 Å². The molecule has 1 aliphatic rings. The van der Waals surface area contributed by atoms with Crippen LogP contribution in [0.1, 0.15) is 93.9 Å². The van der Waals surface area contributed by atoms with E-state index in [4.69, 9.17) is 4.74 Å². The highest BCUT2D eigenvalue weighted by molar-refractivity contribution is 5.78. The van der Waals surface area contributed by atoms with Crippen LogP contribution in [0.5, 0.6) is 0 Å². The largest absolute Gasteiger partial charge is 0.459 e. The van der Waals surface area contributed by atoms with Crippen LogP contribution < -0.4 is 0 Å². The van der Waals surface area contributed by atoms with Crippen molar-refractivity contribution in [3.63, 3.8) is 0 Å². The molecule has 1 fully saturated rings. The molecular weight excluding hydrogens is 260 g/mol. The van der Waals surface area contributed by atoms with Crippen molar-refractivity contribution in [3.8, 4) is 0 Å². The van der Waals surface area contributed by atoms with Gasteiger partial charge in [-0.2, -0.15) is 0 Å². The smallest absolute Gasteiger partial charge is 0.312 e. The molecule has 0 aromatic rings. The molecule has 2 nitrogen and oxygen atoms in total. The van der Waals surface area contributed by atoms with Gasteiger partial charge in [0, 0.05) is 0 Å². The van der Waals surface area contributed by atoms with Gasteiger partial charge in [0.1, 0.15) is 5.60 Å². The maximum absolute atomic E-state index is 13.1. The van der Waals surface area contributed by atoms with E-state index in [9.17, 15) is 4.79 Å². The summed E-state index contributed by atoms with van der Waals surface area (Å²) in [6.07, 6.45) is 6.23. The van der Waals surface area contributed by atoms with Crippen molar-refractivity contribution >= 4 is 5.97 Å². The zero-order chi connectivity index (χ0) is 16.5. The molecule has 0 spiro atoms. The maximum atomic E-state index is 13.1. The molecule has 0 radical (unpaired) electrons. The third kappa shape index (κ3) is 4.23. The third-order valence-corrected chi connectivity index (χ3v) is 5.46. The lowest BCUT2D eigenvalue weighted by Crippen LogP contribution is -2.47. The Bertz CT molecular complexity index is 364. The van der Waals surface area contributed by atoms with Crippen molar-refractivity contribution in [3.05, 3.63) is 0 Å². The second-order valence-corrected chi connectivity index (χ2v) is 9.45. The lowest BCUT2D eigenvalue weighted by atomic mass is 9.61. The predicted molar refractivity (Wildman–Crippen MR) is 89.2 cm³/mol. The van der Waals surface area contributed by atoms with Crippen molar-refractivity contribution in [2.75, 3.05) is 0 Å². The van der Waals surface area contributed by atoms with E-state index in [1.807, 2.05) is 0 Å². The summed E-state index contributed by atoms with van der Waals surface area (Å²) in [5, 5.41) is 0. The molecule has 0 heterocycles. The molecule has 0 aliphatic heterocycles. The number of carbonyl (C=O) groups excluding carboxylic acids is 1. The molecular formula is C19H36O2. The summed E-state index contributed by atoms with van der Waals surface area (Å²) in [7, 11) is 0. The summed E-state index contributed by atoms with van der Waals surface area (Å²) in [6.45, 7) is 17.3. The second kappa shape index (κ2) is 5.93. The molecule has 124 valence electrons. The van der Waals surface area contributed by atoms with E-state index >= 15 is 0 Å². The monoisotopic (exact) mass is 296 g/mol. The highest BCUT2D eigenvalue weighted by Crippen LogP contribution is 2.49. The zero-order valence-electron chi connectivity index (χ0n) is 15.6. The van der Waals surface area contributed by atoms with Gasteiger partial charge in [-0.25, -0.2) is 0 Å². The summed E-state index contributed by atoms with van der Waals surface area (Å²) in [5.74, 6) is 0.00803. The summed E-state index contributed by atoms with van der Waals surface area (Å²) in [5.41, 5.74) is -0.640. The molecule has 21 heavy (non-hydrogen) atoms. The first-order valence-corrected chi connectivity index (χ1v) is 8.59. The van der Waals surface area contributed by atoms with Gasteiger partial charge in [-0.05, 0) is 56.3 Å². The van der Waals surface area contributed by atoms with Gasteiger partial charge in [0.25, 0.3) is 0 Å². The Balaban J connectivity index is 3.01. The summed E-state index contributed by atoms with van der Waals surface area (Å²) >= 11 is 0. The third-order valence-electron chi connectivity index (χ3n) is 5.46. The van der Waals surface area contributed by atoms with Gasteiger partial charge in [0.05, 0.1) is 5.41 Å². The highest BCUT2D eigenvalue weighted by atomic mass is 16.6. The minimum Gasteiger partial charge on any atom is -0.459 e. The number of hydrogen-bond donors (Lipinski definition) is 0. The first-order valence-electron chi connectivity index (χ1n) is 8.59. The van der Waals surface area contributed by atoms with Crippen molar-refractivity contribution in [2.24, 2.45) is 16.2 Å². The molecule has 0 aromatic carbocycles. The zero-order valence-corrected chi connectivity index (χ0v) is 15.6. The second-order valence-electron chi connectivity index (χ2n) is 9.45. The van der Waals surface area contributed by atoms with Crippen LogP contribution in [0.4, 0.5) is 0 Å². The van der Waals surface area contributed by atoms with Gasteiger partial charge in [0.2, 0.25) is 0 Å².